The molecule has 0 spiro atoms. The molecule has 0 unspecified atom stereocenters. The molecule has 0 aliphatic rings. The molecule has 0 N–H and O–H groups in total. The van der Waals surface area contributed by atoms with E-state index < -0.39 is 9.84 Å². The number of oxazole rings is 2. The van der Waals surface area contributed by atoms with E-state index in [1.807, 2.05) is 41.5 Å². The van der Waals surface area contributed by atoms with Crippen LogP contribution in [0.25, 0.3) is 23.2 Å². The van der Waals surface area contributed by atoms with Crippen molar-refractivity contribution in [3.63, 3.8) is 0 Å². The van der Waals surface area contributed by atoms with Gasteiger partial charge in [-0.25, -0.2) is 23.4 Å². The van der Waals surface area contributed by atoms with Gasteiger partial charge in [-0.2, -0.15) is 0 Å². The molecule has 3 aromatic heterocycles. The second-order valence-electron chi connectivity index (χ2n) is 9.11. The molecular formula is C20H23Cl2CoN3O4S. The minimum Gasteiger partial charge on any atom is -0.443 e. The van der Waals surface area contributed by atoms with Crippen LogP contribution in [0.2, 0.25) is 10.0 Å². The summed E-state index contributed by atoms with van der Waals surface area (Å²) in [5, 5.41) is -0.340. The van der Waals surface area contributed by atoms with E-state index in [2.05, 4.69) is 15.0 Å². The Morgan fingerprint density at radius 2 is 1.13 bits per heavy atom. The van der Waals surface area contributed by atoms with Gasteiger partial charge in [0, 0.05) is 33.9 Å². The average molecular weight is 531 g/mol. The summed E-state index contributed by atoms with van der Waals surface area (Å²) in [7, 11) is -3.81. The predicted molar refractivity (Wildman–Crippen MR) is 116 cm³/mol. The molecule has 0 amide bonds. The van der Waals surface area contributed by atoms with Gasteiger partial charge in [0.2, 0.25) is 11.8 Å². The zero-order valence-corrected chi connectivity index (χ0v) is 21.5. The minimum atomic E-state index is -3.81. The fourth-order valence-corrected chi connectivity index (χ4v) is 4.75. The molecule has 3 rings (SSSR count). The monoisotopic (exact) mass is 530 g/mol. The van der Waals surface area contributed by atoms with Crippen molar-refractivity contribution in [2.75, 3.05) is 6.26 Å². The van der Waals surface area contributed by atoms with E-state index in [0.717, 1.165) is 6.26 Å². The molecule has 0 aliphatic heterocycles. The Labute approximate surface area is 202 Å². The Bertz CT molecular complexity index is 1150. The molecule has 0 aliphatic carbocycles. The Hall–Kier alpha value is -1.39. The van der Waals surface area contributed by atoms with Gasteiger partial charge in [-0.1, -0.05) is 64.7 Å². The van der Waals surface area contributed by atoms with Gasteiger partial charge < -0.3 is 8.83 Å². The van der Waals surface area contributed by atoms with Gasteiger partial charge in [0.25, 0.3) is 0 Å². The second-order valence-corrected chi connectivity index (χ2v) is 11.8. The van der Waals surface area contributed by atoms with Crippen molar-refractivity contribution in [3.05, 3.63) is 34.0 Å². The first-order valence-electron chi connectivity index (χ1n) is 9.12. The van der Waals surface area contributed by atoms with Crippen molar-refractivity contribution in [1.29, 1.82) is 0 Å². The molecule has 0 saturated heterocycles. The van der Waals surface area contributed by atoms with Gasteiger partial charge in [0.1, 0.15) is 28.8 Å². The van der Waals surface area contributed by atoms with E-state index in [-0.39, 0.29) is 65.7 Å². The fourth-order valence-electron chi connectivity index (χ4n) is 2.58. The average Bonchev–Trinajstić information content (AvgIpc) is 3.22. The van der Waals surface area contributed by atoms with E-state index in [1.54, 1.807) is 0 Å². The normalized spacial score (nSPS) is 12.7. The van der Waals surface area contributed by atoms with Crippen molar-refractivity contribution in [2.24, 2.45) is 0 Å². The molecule has 1 radical (unpaired) electrons. The number of pyridine rings is 1. The molecule has 3 heterocycles. The van der Waals surface area contributed by atoms with Crippen LogP contribution in [0.3, 0.4) is 0 Å². The summed E-state index contributed by atoms with van der Waals surface area (Å²) in [5.41, 5.74) is 0.850. The maximum absolute atomic E-state index is 12.5. The third-order valence-corrected chi connectivity index (χ3v) is 6.47. The van der Waals surface area contributed by atoms with Crippen molar-refractivity contribution in [3.8, 4) is 23.2 Å². The standard InChI is InChI=1S/C20H23Cl2N3O4S.Co/c1-19(2,3)10-8-28-17(23-10)14-12(21)16(30(7,26)27)13(22)15(25-14)18-24-11(9-29-18)20(4,5)6;/h8-9H,1-7H3;. The Morgan fingerprint density at radius 3 is 1.39 bits per heavy atom. The maximum Gasteiger partial charge on any atom is 0.246 e. The van der Waals surface area contributed by atoms with Crippen LogP contribution >= 0.6 is 23.2 Å². The first-order valence-corrected chi connectivity index (χ1v) is 11.8. The number of sulfone groups is 1. The maximum atomic E-state index is 12.5. The quantitative estimate of drug-likeness (QED) is 0.428. The molecular weight excluding hydrogens is 508 g/mol. The van der Waals surface area contributed by atoms with Crippen LogP contribution < -0.4 is 0 Å². The molecule has 3 aromatic rings. The predicted octanol–water partition coefficient (Wildman–Crippen LogP) is 5.69. The summed E-state index contributed by atoms with van der Waals surface area (Å²) in [6.45, 7) is 11.8. The van der Waals surface area contributed by atoms with Crippen molar-refractivity contribution < 1.29 is 34.0 Å². The summed E-state index contributed by atoms with van der Waals surface area (Å²) in [5.74, 6) is 0.158. The summed E-state index contributed by atoms with van der Waals surface area (Å²) >= 11 is 12.8. The summed E-state index contributed by atoms with van der Waals surface area (Å²) < 4.78 is 36.1. The SMILES string of the molecule is CC(C)(C)c1coc(-c2nc(-c3nc(C(C)(C)C)co3)c(Cl)c(S(C)(=O)=O)c2Cl)n1.[Co]. The van der Waals surface area contributed by atoms with Crippen molar-refractivity contribution in [2.45, 2.75) is 57.3 Å². The molecule has 0 atom stereocenters. The van der Waals surface area contributed by atoms with Gasteiger partial charge in [0.15, 0.2) is 9.84 Å². The molecule has 31 heavy (non-hydrogen) atoms. The molecule has 171 valence electrons. The zero-order valence-electron chi connectivity index (χ0n) is 18.1. The molecule has 11 heteroatoms. The Balaban J connectivity index is 0.00000341. The minimum absolute atomic E-state index is 0. The van der Waals surface area contributed by atoms with E-state index in [0.29, 0.717) is 11.4 Å². The fraction of sp³-hybridized carbons (Fsp3) is 0.450. The van der Waals surface area contributed by atoms with Crippen LogP contribution in [-0.4, -0.2) is 29.6 Å². The summed E-state index contributed by atoms with van der Waals surface area (Å²) in [4.78, 5) is 13.0. The molecule has 0 aromatic carbocycles. The van der Waals surface area contributed by atoms with Crippen LogP contribution in [0.5, 0.6) is 0 Å². The second kappa shape index (κ2) is 8.51. The van der Waals surface area contributed by atoms with Crippen LogP contribution in [-0.2, 0) is 37.4 Å². The molecule has 0 saturated carbocycles. The van der Waals surface area contributed by atoms with Crippen LogP contribution in [0.4, 0.5) is 0 Å². The van der Waals surface area contributed by atoms with Gasteiger partial charge in [0.05, 0.1) is 21.4 Å². The first-order chi connectivity index (χ1) is 13.6. The molecule has 7 nitrogen and oxygen atoms in total. The first kappa shape index (κ1) is 25.9. The van der Waals surface area contributed by atoms with Crippen LogP contribution in [0, 0.1) is 0 Å². The molecule has 0 fully saturated rings. The van der Waals surface area contributed by atoms with E-state index in [1.165, 1.54) is 12.5 Å². The number of rotatable bonds is 3. The number of aromatic nitrogens is 3. The van der Waals surface area contributed by atoms with Gasteiger partial charge in [-0.3, -0.25) is 0 Å². The Morgan fingerprint density at radius 1 is 0.774 bits per heavy atom. The molecule has 0 bridgehead atoms. The number of hydrogen-bond acceptors (Lipinski definition) is 7. The van der Waals surface area contributed by atoms with Gasteiger partial charge >= 0.3 is 0 Å². The number of halogens is 2. The van der Waals surface area contributed by atoms with E-state index >= 15 is 0 Å². The third-order valence-electron chi connectivity index (χ3n) is 4.36. The van der Waals surface area contributed by atoms with Crippen molar-refractivity contribution >= 4 is 33.0 Å². The van der Waals surface area contributed by atoms with E-state index in [4.69, 9.17) is 32.0 Å². The van der Waals surface area contributed by atoms with Gasteiger partial charge in [-0.15, -0.1) is 0 Å². The largest absolute Gasteiger partial charge is 0.443 e. The third kappa shape index (κ3) is 5.17. The number of nitrogens with zero attached hydrogens (tertiary/aromatic N) is 3. The zero-order chi connectivity index (χ0) is 22.6. The van der Waals surface area contributed by atoms with Crippen LogP contribution in [0.1, 0.15) is 52.9 Å². The topological polar surface area (TPSA) is 99.1 Å². The summed E-state index contributed by atoms with van der Waals surface area (Å²) in [6, 6.07) is 0. The summed E-state index contributed by atoms with van der Waals surface area (Å²) in [6.07, 6.45) is 4.00. The Kier molecular flexibility index (Phi) is 7.10. The van der Waals surface area contributed by atoms with Gasteiger partial charge in [-0.05, 0) is 0 Å². The smallest absolute Gasteiger partial charge is 0.246 e. The van der Waals surface area contributed by atoms with Crippen LogP contribution in [0.15, 0.2) is 26.3 Å². The van der Waals surface area contributed by atoms with Crippen molar-refractivity contribution in [1.82, 2.24) is 15.0 Å². The number of hydrogen-bond donors (Lipinski definition) is 0. The van der Waals surface area contributed by atoms with E-state index in [9.17, 15) is 8.42 Å².